The van der Waals surface area contributed by atoms with Crippen molar-refractivity contribution in [2.75, 3.05) is 11.5 Å². The summed E-state index contributed by atoms with van der Waals surface area (Å²) in [5.41, 5.74) is 12.4. The lowest BCUT2D eigenvalue weighted by atomic mass is 10.1. The fourth-order valence-corrected chi connectivity index (χ4v) is 2.36. The predicted octanol–water partition coefficient (Wildman–Crippen LogP) is 3.21. The van der Waals surface area contributed by atoms with E-state index in [4.69, 9.17) is 16.2 Å². The molecule has 1 atom stereocenters. The lowest BCUT2D eigenvalue weighted by Gasteiger charge is -2.17. The van der Waals surface area contributed by atoms with E-state index in [0.29, 0.717) is 22.2 Å². The van der Waals surface area contributed by atoms with Crippen molar-refractivity contribution >= 4 is 22.7 Å². The number of aromatic nitrogens is 2. The maximum atomic E-state index is 13.3. The van der Waals surface area contributed by atoms with Crippen LogP contribution in [-0.2, 0) is 0 Å². The normalized spacial score (nSPS) is 12.3. The van der Waals surface area contributed by atoms with Crippen molar-refractivity contribution in [3.05, 3.63) is 53.6 Å². The van der Waals surface area contributed by atoms with Crippen LogP contribution in [0.2, 0.25) is 0 Å². The van der Waals surface area contributed by atoms with E-state index in [2.05, 4.69) is 9.97 Å². The average molecular weight is 316 g/mol. The van der Waals surface area contributed by atoms with Crippen LogP contribution in [0.3, 0.4) is 0 Å². The quantitative estimate of drug-likeness (QED) is 0.774. The van der Waals surface area contributed by atoms with Gasteiger partial charge in [0.1, 0.15) is 29.3 Å². The standard InChI is InChI=1S/C16H14F2N4O/c1-8(9-5-10(17)7-11(18)6-9)23-13-4-2-3-12-14(13)15(19)22-16(20)21-12/h2-8H,1H3,(H4,19,20,21,22). The summed E-state index contributed by atoms with van der Waals surface area (Å²) >= 11 is 0. The second kappa shape index (κ2) is 5.68. The molecule has 0 aliphatic rings. The van der Waals surface area contributed by atoms with Gasteiger partial charge in [-0.25, -0.2) is 13.8 Å². The van der Waals surface area contributed by atoms with E-state index in [9.17, 15) is 8.78 Å². The Morgan fingerprint density at radius 3 is 2.43 bits per heavy atom. The minimum atomic E-state index is -0.663. The molecule has 1 heterocycles. The first-order valence-electron chi connectivity index (χ1n) is 6.88. The molecule has 0 amide bonds. The first-order valence-corrected chi connectivity index (χ1v) is 6.88. The van der Waals surface area contributed by atoms with Crippen molar-refractivity contribution in [1.29, 1.82) is 0 Å². The highest BCUT2D eigenvalue weighted by atomic mass is 19.1. The van der Waals surface area contributed by atoms with Crippen LogP contribution >= 0.6 is 0 Å². The molecule has 4 N–H and O–H groups in total. The highest BCUT2D eigenvalue weighted by Crippen LogP contribution is 2.32. The maximum Gasteiger partial charge on any atom is 0.222 e. The third kappa shape index (κ3) is 2.98. The molecule has 0 saturated heterocycles. The lowest BCUT2D eigenvalue weighted by Crippen LogP contribution is -2.06. The Labute approximate surface area is 130 Å². The predicted molar refractivity (Wildman–Crippen MR) is 83.8 cm³/mol. The molecule has 3 rings (SSSR count). The summed E-state index contributed by atoms with van der Waals surface area (Å²) in [6.45, 7) is 1.68. The minimum absolute atomic E-state index is 0.0624. The molecule has 0 fully saturated rings. The SMILES string of the molecule is CC(Oc1cccc2nc(N)nc(N)c12)c1cc(F)cc(F)c1. The molecule has 3 aromatic rings. The molecule has 0 saturated carbocycles. The van der Waals surface area contributed by atoms with Crippen molar-refractivity contribution in [2.24, 2.45) is 0 Å². The van der Waals surface area contributed by atoms with Crippen LogP contribution in [0.15, 0.2) is 36.4 Å². The van der Waals surface area contributed by atoms with Crippen molar-refractivity contribution in [2.45, 2.75) is 13.0 Å². The van der Waals surface area contributed by atoms with Crippen molar-refractivity contribution < 1.29 is 13.5 Å². The van der Waals surface area contributed by atoms with Crippen molar-refractivity contribution in [3.63, 3.8) is 0 Å². The Balaban J connectivity index is 2.01. The number of benzene rings is 2. The maximum absolute atomic E-state index is 13.3. The molecule has 0 spiro atoms. The Morgan fingerprint density at radius 2 is 1.74 bits per heavy atom. The summed E-state index contributed by atoms with van der Waals surface area (Å²) in [4.78, 5) is 8.01. The summed E-state index contributed by atoms with van der Waals surface area (Å²) in [7, 11) is 0. The highest BCUT2D eigenvalue weighted by Gasteiger charge is 2.15. The van der Waals surface area contributed by atoms with Gasteiger partial charge < -0.3 is 16.2 Å². The first-order chi connectivity index (χ1) is 10.9. The number of fused-ring (bicyclic) bond motifs is 1. The zero-order chi connectivity index (χ0) is 16.6. The molecular weight excluding hydrogens is 302 g/mol. The molecule has 0 bridgehead atoms. The fourth-order valence-electron chi connectivity index (χ4n) is 2.36. The second-order valence-corrected chi connectivity index (χ2v) is 5.08. The molecule has 0 aliphatic heterocycles. The molecular formula is C16H14F2N4O. The van der Waals surface area contributed by atoms with Gasteiger partial charge in [-0.3, -0.25) is 0 Å². The molecule has 118 valence electrons. The number of rotatable bonds is 3. The van der Waals surface area contributed by atoms with E-state index in [0.717, 1.165) is 6.07 Å². The van der Waals surface area contributed by atoms with Gasteiger partial charge >= 0.3 is 0 Å². The largest absolute Gasteiger partial charge is 0.485 e. The van der Waals surface area contributed by atoms with Crippen LogP contribution in [0.25, 0.3) is 10.9 Å². The second-order valence-electron chi connectivity index (χ2n) is 5.08. The highest BCUT2D eigenvalue weighted by molar-refractivity contribution is 5.94. The van der Waals surface area contributed by atoms with Gasteiger partial charge in [0, 0.05) is 6.07 Å². The molecule has 23 heavy (non-hydrogen) atoms. The fraction of sp³-hybridized carbons (Fsp3) is 0.125. The Morgan fingerprint density at radius 1 is 1.04 bits per heavy atom. The molecule has 7 heteroatoms. The molecule has 0 aliphatic carbocycles. The summed E-state index contributed by atoms with van der Waals surface area (Å²) in [6, 6.07) is 8.38. The first kappa shape index (κ1) is 15.0. The topological polar surface area (TPSA) is 87.0 Å². The van der Waals surface area contributed by atoms with E-state index >= 15 is 0 Å². The Hall–Kier alpha value is -2.96. The molecule has 2 aromatic carbocycles. The third-order valence-corrected chi connectivity index (χ3v) is 3.39. The van der Waals surface area contributed by atoms with Crippen LogP contribution in [0.1, 0.15) is 18.6 Å². The number of halogens is 2. The van der Waals surface area contributed by atoms with Gasteiger partial charge in [-0.2, -0.15) is 4.98 Å². The van der Waals surface area contributed by atoms with Crippen molar-refractivity contribution in [3.8, 4) is 5.75 Å². The van der Waals surface area contributed by atoms with Gasteiger partial charge in [0.25, 0.3) is 0 Å². The van der Waals surface area contributed by atoms with E-state index in [1.165, 1.54) is 12.1 Å². The monoisotopic (exact) mass is 316 g/mol. The summed E-state index contributed by atoms with van der Waals surface area (Å²) in [5, 5.41) is 0.505. The third-order valence-electron chi connectivity index (χ3n) is 3.39. The van der Waals surface area contributed by atoms with Gasteiger partial charge in [0.15, 0.2) is 0 Å². The number of hydrogen-bond donors (Lipinski definition) is 2. The van der Waals surface area contributed by atoms with E-state index in [1.54, 1.807) is 25.1 Å². The number of nitrogen functional groups attached to an aromatic ring is 2. The number of nitrogens with two attached hydrogens (primary N) is 2. The van der Waals surface area contributed by atoms with Crippen LogP contribution in [0, 0.1) is 11.6 Å². The lowest BCUT2D eigenvalue weighted by molar-refractivity contribution is 0.229. The minimum Gasteiger partial charge on any atom is -0.485 e. The van der Waals surface area contributed by atoms with Gasteiger partial charge in [-0.15, -0.1) is 0 Å². The van der Waals surface area contributed by atoms with E-state index < -0.39 is 17.7 Å². The van der Waals surface area contributed by atoms with Crippen LogP contribution in [0.4, 0.5) is 20.5 Å². The van der Waals surface area contributed by atoms with Crippen LogP contribution < -0.4 is 16.2 Å². The van der Waals surface area contributed by atoms with Gasteiger partial charge in [0.2, 0.25) is 5.95 Å². The number of anilines is 2. The van der Waals surface area contributed by atoms with E-state index in [-0.39, 0.29) is 11.8 Å². The summed E-state index contributed by atoms with van der Waals surface area (Å²) in [6.07, 6.45) is -0.595. The molecule has 5 nitrogen and oxygen atoms in total. The van der Waals surface area contributed by atoms with Crippen molar-refractivity contribution in [1.82, 2.24) is 9.97 Å². The van der Waals surface area contributed by atoms with Crippen LogP contribution in [-0.4, -0.2) is 9.97 Å². The van der Waals surface area contributed by atoms with E-state index in [1.807, 2.05) is 0 Å². The smallest absolute Gasteiger partial charge is 0.222 e. The van der Waals surface area contributed by atoms with Gasteiger partial charge in [0.05, 0.1) is 10.9 Å². The summed E-state index contributed by atoms with van der Waals surface area (Å²) < 4.78 is 32.5. The Bertz CT molecular complexity index is 865. The molecule has 1 aromatic heterocycles. The number of ether oxygens (including phenoxy) is 1. The van der Waals surface area contributed by atoms with Gasteiger partial charge in [-0.1, -0.05) is 6.07 Å². The van der Waals surface area contributed by atoms with Gasteiger partial charge in [-0.05, 0) is 36.8 Å². The number of nitrogens with zero attached hydrogens (tertiary/aromatic N) is 2. The zero-order valence-corrected chi connectivity index (χ0v) is 12.3. The number of hydrogen-bond acceptors (Lipinski definition) is 5. The average Bonchev–Trinajstić information content (AvgIpc) is 2.45. The molecule has 1 unspecified atom stereocenters. The zero-order valence-electron chi connectivity index (χ0n) is 12.3. The summed E-state index contributed by atoms with van der Waals surface area (Å²) in [5.74, 6) is -0.668. The Kier molecular flexibility index (Phi) is 3.69. The van der Waals surface area contributed by atoms with Crippen LogP contribution in [0.5, 0.6) is 5.75 Å². The molecule has 0 radical (unpaired) electrons.